The molecule has 2 rings (SSSR count). The van der Waals surface area contributed by atoms with E-state index in [1.165, 1.54) is 25.7 Å². The molecule has 0 radical (unpaired) electrons. The highest BCUT2D eigenvalue weighted by Gasteiger charge is 2.45. The minimum Gasteiger partial charge on any atom is -0.363 e. The summed E-state index contributed by atoms with van der Waals surface area (Å²) in [4.78, 5) is 2.05. The molecule has 2 fully saturated rings. The van der Waals surface area contributed by atoms with Gasteiger partial charge in [-0.3, -0.25) is 9.34 Å². The van der Waals surface area contributed by atoms with Crippen molar-refractivity contribution in [2.24, 2.45) is 0 Å². The first-order chi connectivity index (χ1) is 8.02. The highest BCUT2D eigenvalue weighted by atomic mass is 32.7. The van der Waals surface area contributed by atoms with E-state index in [1.807, 2.05) is 30.4 Å². The molecule has 1 aliphatic carbocycles. The Labute approximate surface area is 115 Å². The molecule has 0 aromatic heterocycles. The van der Waals surface area contributed by atoms with Crippen LogP contribution >= 0.6 is 31.0 Å². The monoisotopic (exact) mass is 291 g/mol. The van der Waals surface area contributed by atoms with Crippen LogP contribution in [0, 0.1) is 0 Å². The first kappa shape index (κ1) is 14.0. The Morgan fingerprint density at radius 2 is 1.65 bits per heavy atom. The SMILES string of the molecule is CN(C)C(=S)SP1N(C)C2CCCC[C@H]2N1C. The molecule has 1 saturated heterocycles. The van der Waals surface area contributed by atoms with Gasteiger partial charge in [-0.2, -0.15) is 0 Å². The van der Waals surface area contributed by atoms with E-state index in [0.717, 1.165) is 16.4 Å². The highest BCUT2D eigenvalue weighted by Crippen LogP contribution is 2.63. The Morgan fingerprint density at radius 3 is 2.06 bits per heavy atom. The predicted molar refractivity (Wildman–Crippen MR) is 82.4 cm³/mol. The third-order valence-electron chi connectivity index (χ3n) is 3.72. The van der Waals surface area contributed by atoms with E-state index in [1.54, 1.807) is 0 Å². The van der Waals surface area contributed by atoms with Crippen LogP contribution in [0.15, 0.2) is 0 Å². The second-order valence-corrected chi connectivity index (χ2v) is 9.58. The lowest BCUT2D eigenvalue weighted by Crippen LogP contribution is -2.37. The maximum absolute atomic E-state index is 5.44. The number of likely N-dealkylation sites (N-methyl/N-ethyl adjacent to an activating group) is 2. The number of hydrogen-bond acceptors (Lipinski definition) is 4. The lowest BCUT2D eigenvalue weighted by molar-refractivity contribution is 0.233. The number of fused-ring (bicyclic) bond motifs is 1. The van der Waals surface area contributed by atoms with Crippen LogP contribution in [0.4, 0.5) is 0 Å². The van der Waals surface area contributed by atoms with Gasteiger partial charge in [-0.1, -0.05) is 25.1 Å². The molecule has 3 nitrogen and oxygen atoms in total. The minimum absolute atomic E-state index is 0.289. The first-order valence-corrected chi connectivity index (χ1v) is 9.25. The van der Waals surface area contributed by atoms with Crippen molar-refractivity contribution in [3.63, 3.8) is 0 Å². The van der Waals surface area contributed by atoms with Gasteiger partial charge in [-0.05, 0) is 38.3 Å². The first-order valence-electron chi connectivity index (χ1n) is 6.17. The molecule has 0 N–H and O–H groups in total. The Kier molecular flexibility index (Phi) is 4.70. The fourth-order valence-electron chi connectivity index (χ4n) is 2.72. The van der Waals surface area contributed by atoms with Crippen molar-refractivity contribution in [1.82, 2.24) is 14.2 Å². The number of rotatable bonds is 1. The summed E-state index contributed by atoms with van der Waals surface area (Å²) in [6.07, 6.45) is 5.51. The van der Waals surface area contributed by atoms with Crippen LogP contribution in [-0.2, 0) is 0 Å². The largest absolute Gasteiger partial charge is 0.363 e. The summed E-state index contributed by atoms with van der Waals surface area (Å²) in [5, 5.41) is 0. The van der Waals surface area contributed by atoms with Crippen molar-refractivity contribution >= 4 is 35.3 Å². The second-order valence-electron chi connectivity index (χ2n) is 5.07. The molecule has 0 aromatic carbocycles. The summed E-state index contributed by atoms with van der Waals surface area (Å²) >= 11 is 7.31. The fourth-order valence-corrected chi connectivity index (χ4v) is 7.78. The van der Waals surface area contributed by atoms with Gasteiger partial charge in [0.15, 0.2) is 0 Å². The lowest BCUT2D eigenvalue weighted by Gasteiger charge is -2.29. The van der Waals surface area contributed by atoms with E-state index >= 15 is 0 Å². The van der Waals surface area contributed by atoms with Crippen molar-refractivity contribution in [1.29, 1.82) is 0 Å². The van der Waals surface area contributed by atoms with Crippen LogP contribution < -0.4 is 0 Å². The third-order valence-corrected chi connectivity index (χ3v) is 9.62. The van der Waals surface area contributed by atoms with Crippen LogP contribution in [0.25, 0.3) is 0 Å². The van der Waals surface area contributed by atoms with Crippen LogP contribution in [0.2, 0.25) is 0 Å². The zero-order valence-electron chi connectivity index (χ0n) is 11.1. The normalized spacial score (nSPS) is 34.7. The Balaban J connectivity index is 2.05. The minimum atomic E-state index is -0.289. The van der Waals surface area contributed by atoms with Gasteiger partial charge < -0.3 is 4.90 Å². The standard InChI is InChI=1S/C11H22N3PS2/c1-12(2)11(16)17-15-13(3)9-7-5-6-8-10(9)14(15)4/h9-10H,5-8H2,1-4H3/t9-,10?,15?/m1/s1. The summed E-state index contributed by atoms with van der Waals surface area (Å²) in [6, 6.07) is 1.52. The van der Waals surface area contributed by atoms with Crippen LogP contribution in [-0.4, -0.2) is 58.8 Å². The summed E-state index contributed by atoms with van der Waals surface area (Å²) < 4.78 is 6.17. The summed E-state index contributed by atoms with van der Waals surface area (Å²) in [6.45, 7) is 0. The molecule has 3 atom stereocenters. The van der Waals surface area contributed by atoms with Gasteiger partial charge in [0.05, 0.1) is 0 Å². The summed E-state index contributed by atoms with van der Waals surface area (Å²) in [5.74, 6) is 0. The molecule has 0 spiro atoms. The molecule has 1 heterocycles. The van der Waals surface area contributed by atoms with Gasteiger partial charge in [0.2, 0.25) is 0 Å². The van der Waals surface area contributed by atoms with E-state index in [9.17, 15) is 0 Å². The van der Waals surface area contributed by atoms with E-state index in [0.29, 0.717) is 0 Å². The van der Waals surface area contributed by atoms with Crippen molar-refractivity contribution in [3.05, 3.63) is 0 Å². The van der Waals surface area contributed by atoms with E-state index in [2.05, 4.69) is 23.4 Å². The Hall–Kier alpha value is 0.590. The van der Waals surface area contributed by atoms with Crippen LogP contribution in [0.5, 0.6) is 0 Å². The number of nitrogens with zero attached hydrogens (tertiary/aromatic N) is 3. The third kappa shape index (κ3) is 2.79. The van der Waals surface area contributed by atoms with Crippen molar-refractivity contribution < 1.29 is 0 Å². The average Bonchev–Trinajstić information content (AvgIpc) is 2.55. The molecule has 1 aliphatic heterocycles. The Bertz CT molecular complexity index is 282. The number of hydrogen-bond donors (Lipinski definition) is 0. The molecule has 1 saturated carbocycles. The van der Waals surface area contributed by atoms with Gasteiger partial charge in [0, 0.05) is 26.2 Å². The highest BCUT2D eigenvalue weighted by molar-refractivity contribution is 8.64. The molecule has 98 valence electrons. The number of thiocarbonyl (C=S) groups is 1. The van der Waals surface area contributed by atoms with E-state index in [4.69, 9.17) is 12.2 Å². The molecular formula is C11H22N3PS2. The zero-order chi connectivity index (χ0) is 12.6. The maximum Gasteiger partial charge on any atom is 0.142 e. The zero-order valence-corrected chi connectivity index (χ0v) is 13.6. The van der Waals surface area contributed by atoms with Gasteiger partial charge >= 0.3 is 0 Å². The van der Waals surface area contributed by atoms with Crippen LogP contribution in [0.1, 0.15) is 25.7 Å². The van der Waals surface area contributed by atoms with Gasteiger partial charge in [-0.25, -0.2) is 0 Å². The van der Waals surface area contributed by atoms with Crippen molar-refractivity contribution in [2.45, 2.75) is 37.8 Å². The predicted octanol–water partition coefficient (Wildman–Crippen LogP) is 2.98. The Morgan fingerprint density at radius 1 is 1.18 bits per heavy atom. The van der Waals surface area contributed by atoms with E-state index in [-0.39, 0.29) is 7.42 Å². The lowest BCUT2D eigenvalue weighted by atomic mass is 9.91. The van der Waals surface area contributed by atoms with Gasteiger partial charge in [0.25, 0.3) is 0 Å². The van der Waals surface area contributed by atoms with E-state index < -0.39 is 0 Å². The molecule has 0 bridgehead atoms. The molecule has 6 heteroatoms. The topological polar surface area (TPSA) is 9.72 Å². The second kappa shape index (κ2) is 5.70. The molecule has 0 amide bonds. The molecule has 2 aliphatic rings. The maximum atomic E-state index is 5.44. The average molecular weight is 291 g/mol. The van der Waals surface area contributed by atoms with Crippen molar-refractivity contribution in [3.8, 4) is 0 Å². The molecular weight excluding hydrogens is 269 g/mol. The smallest absolute Gasteiger partial charge is 0.142 e. The summed E-state index contributed by atoms with van der Waals surface area (Å²) in [5.41, 5.74) is 0. The molecule has 2 unspecified atom stereocenters. The molecule has 0 aromatic rings. The van der Waals surface area contributed by atoms with Crippen LogP contribution in [0.3, 0.4) is 0 Å². The quantitative estimate of drug-likeness (QED) is 0.541. The fraction of sp³-hybridized carbons (Fsp3) is 0.909. The van der Waals surface area contributed by atoms with Gasteiger partial charge in [-0.15, -0.1) is 0 Å². The van der Waals surface area contributed by atoms with Crippen molar-refractivity contribution in [2.75, 3.05) is 28.2 Å². The van der Waals surface area contributed by atoms with Gasteiger partial charge in [0.1, 0.15) is 11.7 Å². The molecule has 17 heavy (non-hydrogen) atoms. The summed E-state index contributed by atoms with van der Waals surface area (Å²) in [7, 11) is 8.34.